The maximum absolute atomic E-state index is 13.1. The van der Waals surface area contributed by atoms with Crippen molar-refractivity contribution in [3.8, 4) is 0 Å². The molecular weight excluding hydrogens is 412 g/mol. The second-order valence-corrected chi connectivity index (χ2v) is 5.70. The average Bonchev–Trinajstić information content (AvgIpc) is 3.00. The number of thiophene rings is 1. The van der Waals surface area contributed by atoms with Crippen LogP contribution >= 0.6 is 35.3 Å². The second-order valence-electron chi connectivity index (χ2n) is 4.67. The lowest BCUT2D eigenvalue weighted by Gasteiger charge is -2.11. The molecule has 6 heteroatoms. The largest absolute Gasteiger partial charge is 0.356 e. The van der Waals surface area contributed by atoms with Gasteiger partial charge in [-0.05, 0) is 42.0 Å². The molecule has 0 unspecified atom stereocenters. The first-order valence-electron chi connectivity index (χ1n) is 6.99. The van der Waals surface area contributed by atoms with E-state index in [4.69, 9.17) is 0 Å². The van der Waals surface area contributed by atoms with Gasteiger partial charge in [-0.25, -0.2) is 4.39 Å². The van der Waals surface area contributed by atoms with Crippen LogP contribution in [0.5, 0.6) is 0 Å². The summed E-state index contributed by atoms with van der Waals surface area (Å²) in [5.74, 6) is 0.622. The molecule has 0 spiro atoms. The summed E-state index contributed by atoms with van der Waals surface area (Å²) in [6, 6.07) is 10.9. The molecule has 0 radical (unpaired) electrons. The zero-order valence-corrected chi connectivity index (χ0v) is 15.7. The van der Waals surface area contributed by atoms with Gasteiger partial charge in [0.05, 0.1) is 6.54 Å². The molecule has 1 heterocycles. The number of aryl methyl sites for hydroxylation is 1. The molecule has 2 rings (SSSR count). The van der Waals surface area contributed by atoms with Crippen molar-refractivity contribution in [3.63, 3.8) is 0 Å². The number of rotatable bonds is 6. The minimum absolute atomic E-state index is 0. The van der Waals surface area contributed by atoms with E-state index in [0.717, 1.165) is 37.5 Å². The first-order valence-corrected chi connectivity index (χ1v) is 7.87. The van der Waals surface area contributed by atoms with E-state index in [0.29, 0.717) is 0 Å². The van der Waals surface area contributed by atoms with E-state index in [1.807, 2.05) is 12.1 Å². The second kappa shape index (κ2) is 10.6. The highest BCUT2D eigenvalue weighted by Crippen LogP contribution is 2.07. The molecule has 22 heavy (non-hydrogen) atoms. The standard InChI is InChI=1S/C16H20FN3S.HI/c1-18-16(20-12-15-8-4-10-21-15)19-9-3-6-13-5-2-7-14(17)11-13;/h2,4-5,7-8,10-11H,3,6,9,12H2,1H3,(H2,18,19,20);1H. The smallest absolute Gasteiger partial charge is 0.191 e. The molecule has 0 fully saturated rings. The number of nitrogens with one attached hydrogen (secondary N) is 2. The Morgan fingerprint density at radius 1 is 1.23 bits per heavy atom. The Morgan fingerprint density at radius 2 is 2.09 bits per heavy atom. The van der Waals surface area contributed by atoms with Crippen molar-refractivity contribution in [1.29, 1.82) is 0 Å². The molecule has 0 bridgehead atoms. The van der Waals surface area contributed by atoms with Crippen LogP contribution in [0.25, 0.3) is 0 Å². The summed E-state index contributed by atoms with van der Waals surface area (Å²) in [5.41, 5.74) is 1.03. The summed E-state index contributed by atoms with van der Waals surface area (Å²) in [5, 5.41) is 8.60. The van der Waals surface area contributed by atoms with E-state index in [-0.39, 0.29) is 29.8 Å². The summed E-state index contributed by atoms with van der Waals surface area (Å²) < 4.78 is 13.1. The number of guanidine groups is 1. The lowest BCUT2D eigenvalue weighted by Crippen LogP contribution is -2.37. The third-order valence-corrected chi connectivity index (χ3v) is 3.93. The summed E-state index contributed by atoms with van der Waals surface area (Å²) >= 11 is 1.72. The predicted octanol–water partition coefficient (Wildman–Crippen LogP) is 3.80. The Balaban J connectivity index is 0.00000242. The number of nitrogens with zero attached hydrogens (tertiary/aromatic N) is 1. The van der Waals surface area contributed by atoms with Crippen molar-refractivity contribution in [2.45, 2.75) is 19.4 Å². The quantitative estimate of drug-likeness (QED) is 0.315. The van der Waals surface area contributed by atoms with Gasteiger partial charge in [-0.1, -0.05) is 18.2 Å². The summed E-state index contributed by atoms with van der Waals surface area (Å²) in [6.07, 6.45) is 1.79. The molecule has 0 saturated heterocycles. The fourth-order valence-corrected chi connectivity index (χ4v) is 2.64. The van der Waals surface area contributed by atoms with Gasteiger partial charge in [0.2, 0.25) is 0 Å². The number of hydrogen-bond acceptors (Lipinski definition) is 2. The molecule has 1 aromatic heterocycles. The molecule has 1 aromatic carbocycles. The van der Waals surface area contributed by atoms with Crippen molar-refractivity contribution < 1.29 is 4.39 Å². The number of halogens is 2. The van der Waals surface area contributed by atoms with Gasteiger partial charge in [-0.2, -0.15) is 0 Å². The maximum atomic E-state index is 13.1. The van der Waals surface area contributed by atoms with Crippen LogP contribution in [0.4, 0.5) is 4.39 Å². The zero-order chi connectivity index (χ0) is 14.9. The first-order chi connectivity index (χ1) is 10.3. The van der Waals surface area contributed by atoms with Crippen LogP contribution in [0.15, 0.2) is 46.8 Å². The van der Waals surface area contributed by atoms with Gasteiger partial charge in [-0.15, -0.1) is 35.3 Å². The van der Waals surface area contributed by atoms with E-state index >= 15 is 0 Å². The van der Waals surface area contributed by atoms with E-state index in [2.05, 4.69) is 27.1 Å². The van der Waals surface area contributed by atoms with Crippen LogP contribution in [0, 0.1) is 5.82 Å². The van der Waals surface area contributed by atoms with E-state index < -0.39 is 0 Å². The molecule has 120 valence electrons. The average molecular weight is 433 g/mol. The lowest BCUT2D eigenvalue weighted by molar-refractivity contribution is 0.624. The Kier molecular flexibility index (Phi) is 9.07. The monoisotopic (exact) mass is 433 g/mol. The fraction of sp³-hybridized carbons (Fsp3) is 0.312. The van der Waals surface area contributed by atoms with Crippen molar-refractivity contribution in [3.05, 3.63) is 58.0 Å². The van der Waals surface area contributed by atoms with Crippen molar-refractivity contribution in [1.82, 2.24) is 10.6 Å². The van der Waals surface area contributed by atoms with Gasteiger partial charge >= 0.3 is 0 Å². The van der Waals surface area contributed by atoms with E-state index in [1.165, 1.54) is 10.9 Å². The fourth-order valence-electron chi connectivity index (χ4n) is 2.00. The molecule has 3 nitrogen and oxygen atoms in total. The van der Waals surface area contributed by atoms with E-state index in [1.54, 1.807) is 30.5 Å². The molecular formula is C16H21FIN3S. The minimum Gasteiger partial charge on any atom is -0.356 e. The topological polar surface area (TPSA) is 36.4 Å². The lowest BCUT2D eigenvalue weighted by atomic mass is 10.1. The molecule has 0 atom stereocenters. The Hall–Kier alpha value is -1.15. The highest BCUT2D eigenvalue weighted by atomic mass is 127. The van der Waals surface area contributed by atoms with Gasteiger partial charge in [0.15, 0.2) is 5.96 Å². The Morgan fingerprint density at radius 3 is 2.77 bits per heavy atom. The summed E-state index contributed by atoms with van der Waals surface area (Å²) in [6.45, 7) is 1.59. The molecule has 0 aliphatic rings. The summed E-state index contributed by atoms with van der Waals surface area (Å²) in [4.78, 5) is 5.46. The molecule has 2 aromatic rings. The van der Waals surface area contributed by atoms with Crippen LogP contribution in [0.3, 0.4) is 0 Å². The summed E-state index contributed by atoms with van der Waals surface area (Å²) in [7, 11) is 1.76. The van der Waals surface area contributed by atoms with Crippen LogP contribution in [-0.4, -0.2) is 19.6 Å². The van der Waals surface area contributed by atoms with Gasteiger partial charge < -0.3 is 10.6 Å². The SMILES string of the molecule is CN=C(NCCCc1cccc(F)c1)NCc1cccs1.I. The third-order valence-electron chi connectivity index (χ3n) is 3.06. The van der Waals surface area contributed by atoms with Crippen molar-refractivity contribution >= 4 is 41.3 Å². The number of hydrogen-bond donors (Lipinski definition) is 2. The molecule has 2 N–H and O–H groups in total. The zero-order valence-electron chi connectivity index (χ0n) is 12.5. The number of aliphatic imine (C=N–C) groups is 1. The highest BCUT2D eigenvalue weighted by Gasteiger charge is 1.99. The Labute approximate surface area is 152 Å². The van der Waals surface area contributed by atoms with Crippen LogP contribution in [0.1, 0.15) is 16.9 Å². The maximum Gasteiger partial charge on any atom is 0.191 e. The van der Waals surface area contributed by atoms with Crippen LogP contribution in [0.2, 0.25) is 0 Å². The van der Waals surface area contributed by atoms with Gasteiger partial charge in [0, 0.05) is 18.5 Å². The first kappa shape index (κ1) is 18.9. The molecule has 0 aliphatic carbocycles. The Bertz CT molecular complexity index is 573. The number of benzene rings is 1. The minimum atomic E-state index is -0.172. The molecule has 0 saturated carbocycles. The van der Waals surface area contributed by atoms with Crippen LogP contribution in [-0.2, 0) is 13.0 Å². The molecule has 0 amide bonds. The highest BCUT2D eigenvalue weighted by molar-refractivity contribution is 14.0. The van der Waals surface area contributed by atoms with Gasteiger partial charge in [-0.3, -0.25) is 4.99 Å². The van der Waals surface area contributed by atoms with Crippen LogP contribution < -0.4 is 10.6 Å². The van der Waals surface area contributed by atoms with Crippen molar-refractivity contribution in [2.75, 3.05) is 13.6 Å². The van der Waals surface area contributed by atoms with Crippen molar-refractivity contribution in [2.24, 2.45) is 4.99 Å². The predicted molar refractivity (Wildman–Crippen MR) is 103 cm³/mol. The molecule has 0 aliphatic heterocycles. The van der Waals surface area contributed by atoms with E-state index in [9.17, 15) is 4.39 Å². The van der Waals surface area contributed by atoms with Gasteiger partial charge in [0.25, 0.3) is 0 Å². The van der Waals surface area contributed by atoms with Gasteiger partial charge in [0.1, 0.15) is 5.82 Å². The third kappa shape index (κ3) is 6.74. The normalized spacial score (nSPS) is 10.9.